The van der Waals surface area contributed by atoms with Gasteiger partial charge in [-0.15, -0.1) is 11.3 Å². The largest absolute Gasteiger partial charge is 0.434 e. The molecule has 0 spiro atoms. The molecule has 1 atom stereocenters. The van der Waals surface area contributed by atoms with Gasteiger partial charge in [-0.2, -0.15) is 18.3 Å². The molecule has 2 aromatic heterocycles. The highest BCUT2D eigenvalue weighted by Gasteiger charge is 2.33. The molecule has 0 aromatic carbocycles. The molecule has 0 radical (unpaired) electrons. The lowest BCUT2D eigenvalue weighted by molar-refractivity contribution is -0.140. The Morgan fingerprint density at radius 3 is 3.00 bits per heavy atom. The van der Waals surface area contributed by atoms with E-state index in [1.165, 1.54) is 0 Å². The Bertz CT molecular complexity index is 705. The minimum atomic E-state index is -4.47. The van der Waals surface area contributed by atoms with Gasteiger partial charge in [-0.05, 0) is 25.5 Å². The van der Waals surface area contributed by atoms with Crippen LogP contribution in [0, 0.1) is 0 Å². The van der Waals surface area contributed by atoms with Crippen molar-refractivity contribution in [2.24, 2.45) is 0 Å². The third-order valence-corrected chi connectivity index (χ3v) is 4.58. The Morgan fingerprint density at radius 1 is 1.50 bits per heavy atom. The zero-order valence-electron chi connectivity index (χ0n) is 12.6. The van der Waals surface area contributed by atoms with Gasteiger partial charge in [-0.1, -0.05) is 0 Å². The summed E-state index contributed by atoms with van der Waals surface area (Å²) in [7, 11) is 0. The first kappa shape index (κ1) is 16.9. The molecule has 3 rings (SSSR count). The van der Waals surface area contributed by atoms with Crippen LogP contribution >= 0.6 is 11.3 Å². The number of aromatic nitrogens is 3. The molecule has 2 N–H and O–H groups in total. The van der Waals surface area contributed by atoms with Crippen LogP contribution in [0.15, 0.2) is 17.6 Å². The maximum atomic E-state index is 12.5. The number of nitrogens with zero attached hydrogens (tertiary/aromatic N) is 3. The molecule has 24 heavy (non-hydrogen) atoms. The number of piperidine rings is 1. The molecule has 6 nitrogen and oxygen atoms in total. The molecule has 1 aliphatic rings. The summed E-state index contributed by atoms with van der Waals surface area (Å²) in [6.07, 6.45) is -0.671. The summed E-state index contributed by atoms with van der Waals surface area (Å²) in [5, 5.41) is 11.2. The Hall–Kier alpha value is -1.94. The summed E-state index contributed by atoms with van der Waals surface area (Å²) in [5.41, 5.74) is -0.695. The second-order valence-electron chi connectivity index (χ2n) is 5.49. The highest BCUT2D eigenvalue weighted by molar-refractivity contribution is 7.09. The fourth-order valence-electron chi connectivity index (χ4n) is 2.49. The number of amides is 1. The third kappa shape index (κ3) is 3.93. The Morgan fingerprint density at radius 2 is 2.33 bits per heavy atom. The highest BCUT2D eigenvalue weighted by atomic mass is 32.1. The van der Waals surface area contributed by atoms with Crippen molar-refractivity contribution >= 4 is 17.2 Å². The van der Waals surface area contributed by atoms with Gasteiger partial charge < -0.3 is 10.6 Å². The molecular formula is C14H16F3N5OS. The Balaban J connectivity index is 1.57. The van der Waals surface area contributed by atoms with Gasteiger partial charge in [-0.25, -0.2) is 4.98 Å². The van der Waals surface area contributed by atoms with Crippen molar-refractivity contribution in [2.75, 3.05) is 13.1 Å². The smallest absolute Gasteiger partial charge is 0.344 e. The van der Waals surface area contributed by atoms with Crippen LogP contribution in [0.25, 0.3) is 0 Å². The molecule has 0 bridgehead atoms. The fourth-order valence-corrected chi connectivity index (χ4v) is 3.23. The molecule has 2 aromatic rings. The first-order valence-electron chi connectivity index (χ1n) is 7.49. The number of hydrogen-bond acceptors (Lipinski definition) is 5. The van der Waals surface area contributed by atoms with Crippen LogP contribution in [-0.4, -0.2) is 33.8 Å². The van der Waals surface area contributed by atoms with Crippen LogP contribution < -0.4 is 10.6 Å². The second-order valence-corrected chi connectivity index (χ2v) is 6.43. The van der Waals surface area contributed by atoms with Crippen molar-refractivity contribution in [3.05, 3.63) is 34.0 Å². The predicted molar refractivity (Wildman–Crippen MR) is 81.7 cm³/mol. The van der Waals surface area contributed by atoms with Crippen molar-refractivity contribution in [3.63, 3.8) is 0 Å². The van der Waals surface area contributed by atoms with Gasteiger partial charge in [0.1, 0.15) is 10.7 Å². The number of nitrogens with one attached hydrogen (secondary N) is 2. The molecule has 1 aliphatic heterocycles. The van der Waals surface area contributed by atoms with E-state index in [2.05, 4.69) is 20.7 Å². The fraction of sp³-hybridized carbons (Fsp3) is 0.500. The minimum absolute atomic E-state index is 0.0581. The zero-order valence-corrected chi connectivity index (χ0v) is 13.5. The molecular weight excluding hydrogens is 343 g/mol. The number of alkyl halides is 3. The number of rotatable bonds is 4. The first-order valence-corrected chi connectivity index (χ1v) is 8.37. The van der Waals surface area contributed by atoms with E-state index in [4.69, 9.17) is 0 Å². The van der Waals surface area contributed by atoms with Gasteiger partial charge in [-0.3, -0.25) is 9.48 Å². The summed E-state index contributed by atoms with van der Waals surface area (Å²) >= 11 is 0.862. The van der Waals surface area contributed by atoms with Crippen LogP contribution in [0.4, 0.5) is 13.2 Å². The topological polar surface area (TPSA) is 71.8 Å². The van der Waals surface area contributed by atoms with Gasteiger partial charge in [0, 0.05) is 18.1 Å². The Kier molecular flexibility index (Phi) is 4.86. The Labute approximate surface area is 140 Å². The lowest BCUT2D eigenvalue weighted by atomic mass is 10.1. The number of thiazole rings is 1. The first-order chi connectivity index (χ1) is 11.4. The van der Waals surface area contributed by atoms with Gasteiger partial charge in [0.2, 0.25) is 0 Å². The van der Waals surface area contributed by atoms with Gasteiger partial charge in [0.05, 0.1) is 12.6 Å². The molecule has 0 aliphatic carbocycles. The van der Waals surface area contributed by atoms with Gasteiger partial charge in [0.25, 0.3) is 5.91 Å². The van der Waals surface area contributed by atoms with Crippen LogP contribution in [0.1, 0.15) is 40.1 Å². The third-order valence-electron chi connectivity index (χ3n) is 3.73. The van der Waals surface area contributed by atoms with E-state index in [1.807, 2.05) is 0 Å². The normalized spacial score (nSPS) is 18.5. The standard InChI is InChI=1S/C14H16F3N5OS/c15-14(16,17)11-8-24-12(20-11)7-19-13(23)10-3-5-22(21-10)9-2-1-4-18-6-9/h3,5,8-9,18H,1-2,4,6-7H2,(H,19,23). The highest BCUT2D eigenvalue weighted by Crippen LogP contribution is 2.29. The van der Waals surface area contributed by atoms with Crippen molar-refractivity contribution in [1.82, 2.24) is 25.4 Å². The average Bonchev–Trinajstić information content (AvgIpc) is 3.22. The van der Waals surface area contributed by atoms with Crippen molar-refractivity contribution in [2.45, 2.75) is 31.6 Å². The molecule has 1 unspecified atom stereocenters. The number of hydrogen-bond donors (Lipinski definition) is 2. The lowest BCUT2D eigenvalue weighted by Gasteiger charge is -2.22. The van der Waals surface area contributed by atoms with Gasteiger partial charge in [0.15, 0.2) is 5.69 Å². The number of carbonyl (C=O) groups is 1. The van der Waals surface area contributed by atoms with Crippen LogP contribution in [0.5, 0.6) is 0 Å². The van der Waals surface area contributed by atoms with Crippen molar-refractivity contribution < 1.29 is 18.0 Å². The van der Waals surface area contributed by atoms with E-state index >= 15 is 0 Å². The zero-order chi connectivity index (χ0) is 17.2. The average molecular weight is 359 g/mol. The predicted octanol–water partition coefficient (Wildman–Crippen LogP) is 2.21. The maximum Gasteiger partial charge on any atom is 0.434 e. The van der Waals surface area contributed by atoms with Crippen LogP contribution in [0.2, 0.25) is 0 Å². The van der Waals surface area contributed by atoms with Crippen LogP contribution in [-0.2, 0) is 12.7 Å². The number of halogens is 3. The van der Waals surface area contributed by atoms with E-state index in [9.17, 15) is 18.0 Å². The molecule has 1 fully saturated rings. The quantitative estimate of drug-likeness (QED) is 0.878. The van der Waals surface area contributed by atoms with E-state index in [1.54, 1.807) is 16.9 Å². The van der Waals surface area contributed by atoms with Crippen molar-refractivity contribution in [3.8, 4) is 0 Å². The van der Waals surface area contributed by atoms with E-state index in [0.717, 1.165) is 42.6 Å². The summed E-state index contributed by atoms with van der Waals surface area (Å²) < 4.78 is 39.2. The molecule has 1 saturated heterocycles. The molecule has 3 heterocycles. The number of carbonyl (C=O) groups excluding carboxylic acids is 1. The molecule has 10 heteroatoms. The van der Waals surface area contributed by atoms with E-state index < -0.39 is 17.8 Å². The van der Waals surface area contributed by atoms with E-state index in [-0.39, 0.29) is 23.3 Å². The second kappa shape index (κ2) is 6.89. The molecule has 0 saturated carbocycles. The minimum Gasteiger partial charge on any atom is -0.344 e. The van der Waals surface area contributed by atoms with E-state index in [0.29, 0.717) is 0 Å². The monoisotopic (exact) mass is 359 g/mol. The summed E-state index contributed by atoms with van der Waals surface area (Å²) in [4.78, 5) is 15.5. The van der Waals surface area contributed by atoms with Gasteiger partial charge >= 0.3 is 6.18 Å². The summed E-state index contributed by atoms with van der Waals surface area (Å²) in [6, 6.07) is 1.82. The molecule has 1 amide bonds. The lowest BCUT2D eigenvalue weighted by Crippen LogP contribution is -2.32. The SMILES string of the molecule is O=C(NCc1nc(C(F)(F)F)cs1)c1ccn(C2CCCNC2)n1. The summed E-state index contributed by atoms with van der Waals surface area (Å²) in [5.74, 6) is -0.429. The maximum absolute atomic E-state index is 12.5. The van der Waals surface area contributed by atoms with Crippen LogP contribution in [0.3, 0.4) is 0 Å². The van der Waals surface area contributed by atoms with Crippen molar-refractivity contribution in [1.29, 1.82) is 0 Å². The summed E-state index contributed by atoms with van der Waals surface area (Å²) in [6.45, 7) is 1.73. The molecule has 130 valence electrons.